The zero-order valence-electron chi connectivity index (χ0n) is 11.9. The average molecular weight is 316 g/mol. The van der Waals surface area contributed by atoms with Crippen molar-refractivity contribution < 1.29 is 14.3 Å². The van der Waals surface area contributed by atoms with Gasteiger partial charge in [-0.3, -0.25) is 0 Å². The van der Waals surface area contributed by atoms with Crippen LogP contribution in [0.1, 0.15) is 5.56 Å². The Balaban J connectivity index is 2.01. The first kappa shape index (κ1) is 14.5. The number of hydrogen-bond donors (Lipinski definition) is 1. The quantitative estimate of drug-likeness (QED) is 0.873. The molecule has 0 unspecified atom stereocenters. The number of para-hydroxylation sites is 2. The molecule has 0 fully saturated rings. The molecule has 0 aromatic heterocycles. The number of ether oxygens (including phenoxy) is 2. The van der Waals surface area contributed by atoms with Gasteiger partial charge in [0.25, 0.3) is 0 Å². The molecule has 0 atom stereocenters. The summed E-state index contributed by atoms with van der Waals surface area (Å²) < 4.78 is 10.5. The van der Waals surface area contributed by atoms with Crippen LogP contribution in [0.2, 0.25) is 5.02 Å². The molecule has 1 aliphatic heterocycles. The Morgan fingerprint density at radius 3 is 2.77 bits per heavy atom. The Morgan fingerprint density at radius 1 is 1.18 bits per heavy atom. The summed E-state index contributed by atoms with van der Waals surface area (Å²) in [6.07, 6.45) is 0. The van der Waals surface area contributed by atoms with Crippen LogP contribution in [0.3, 0.4) is 0 Å². The van der Waals surface area contributed by atoms with Gasteiger partial charge in [-0.05, 0) is 29.8 Å². The molecule has 1 heterocycles. The van der Waals surface area contributed by atoms with E-state index in [2.05, 4.69) is 5.32 Å². The Bertz CT molecular complexity index is 755. The molecule has 0 amide bonds. The summed E-state index contributed by atoms with van der Waals surface area (Å²) in [6, 6.07) is 14.6. The van der Waals surface area contributed by atoms with Crippen LogP contribution in [0.5, 0.6) is 5.75 Å². The predicted molar refractivity (Wildman–Crippen MR) is 85.9 cm³/mol. The molecule has 4 nitrogen and oxygen atoms in total. The molecule has 0 radical (unpaired) electrons. The van der Waals surface area contributed by atoms with Crippen molar-refractivity contribution in [3.63, 3.8) is 0 Å². The molecule has 1 aliphatic rings. The topological polar surface area (TPSA) is 47.6 Å². The molecule has 0 saturated carbocycles. The minimum absolute atomic E-state index is 0.193. The fourth-order valence-corrected chi connectivity index (χ4v) is 2.54. The van der Waals surface area contributed by atoms with Crippen molar-refractivity contribution in [2.24, 2.45) is 0 Å². The van der Waals surface area contributed by atoms with Gasteiger partial charge < -0.3 is 14.8 Å². The van der Waals surface area contributed by atoms with E-state index in [9.17, 15) is 4.79 Å². The van der Waals surface area contributed by atoms with Crippen molar-refractivity contribution in [1.82, 2.24) is 0 Å². The number of halogens is 1. The predicted octanol–water partition coefficient (Wildman–Crippen LogP) is 3.73. The van der Waals surface area contributed by atoms with E-state index in [1.807, 2.05) is 30.3 Å². The highest BCUT2D eigenvalue weighted by Gasteiger charge is 2.27. The summed E-state index contributed by atoms with van der Waals surface area (Å²) >= 11 is 6.01. The molecule has 1 N–H and O–H groups in total. The largest absolute Gasteiger partial charge is 0.495 e. The Labute approximate surface area is 133 Å². The molecule has 2 aromatic carbocycles. The van der Waals surface area contributed by atoms with E-state index in [0.29, 0.717) is 22.0 Å². The van der Waals surface area contributed by atoms with Crippen molar-refractivity contribution in [1.29, 1.82) is 0 Å². The van der Waals surface area contributed by atoms with Crippen molar-refractivity contribution in [2.75, 3.05) is 19.0 Å². The van der Waals surface area contributed by atoms with Crippen LogP contribution < -0.4 is 10.1 Å². The maximum absolute atomic E-state index is 12.0. The molecule has 0 spiro atoms. The number of methoxy groups -OCH3 is 1. The summed E-state index contributed by atoms with van der Waals surface area (Å²) in [6.45, 7) is 0.193. The van der Waals surface area contributed by atoms with Crippen LogP contribution in [0, 0.1) is 0 Å². The lowest BCUT2D eigenvalue weighted by Crippen LogP contribution is -2.04. The number of cyclic esters (lactones) is 1. The fraction of sp³-hybridized carbons (Fsp3) is 0.118. The van der Waals surface area contributed by atoms with Crippen molar-refractivity contribution >= 4 is 28.8 Å². The maximum Gasteiger partial charge on any atom is 0.341 e. The standard InChI is InChI=1S/C17H14ClNO3/c1-21-15-8-3-2-7-13(15)19-14-10-22-17(20)16(14)11-5-4-6-12(18)9-11/h2-9,19H,10H2,1H3. The Morgan fingerprint density at radius 2 is 2.00 bits per heavy atom. The monoisotopic (exact) mass is 315 g/mol. The van der Waals surface area contributed by atoms with Gasteiger partial charge in [-0.1, -0.05) is 35.9 Å². The molecule has 0 saturated heterocycles. The second kappa shape index (κ2) is 6.12. The third kappa shape index (κ3) is 2.78. The van der Waals surface area contributed by atoms with Crippen LogP contribution in [0.4, 0.5) is 5.69 Å². The van der Waals surface area contributed by atoms with Crippen LogP contribution in [0.15, 0.2) is 54.2 Å². The van der Waals surface area contributed by atoms with E-state index in [4.69, 9.17) is 21.1 Å². The number of carbonyl (C=O) groups is 1. The number of carbonyl (C=O) groups excluding carboxylic acids is 1. The molecular formula is C17H14ClNO3. The number of esters is 1. The van der Waals surface area contributed by atoms with E-state index in [0.717, 1.165) is 11.3 Å². The van der Waals surface area contributed by atoms with Crippen molar-refractivity contribution in [2.45, 2.75) is 0 Å². The van der Waals surface area contributed by atoms with Gasteiger partial charge in [0.05, 0.1) is 24.1 Å². The average Bonchev–Trinajstić information content (AvgIpc) is 2.88. The molecule has 2 aromatic rings. The van der Waals surface area contributed by atoms with Crippen molar-refractivity contribution in [3.8, 4) is 5.75 Å². The van der Waals surface area contributed by atoms with E-state index in [1.54, 1.807) is 25.3 Å². The van der Waals surface area contributed by atoms with Crippen LogP contribution in [-0.4, -0.2) is 19.7 Å². The third-order valence-corrected chi connectivity index (χ3v) is 3.59. The van der Waals surface area contributed by atoms with E-state index < -0.39 is 0 Å². The van der Waals surface area contributed by atoms with Crippen LogP contribution >= 0.6 is 11.6 Å². The lowest BCUT2D eigenvalue weighted by Gasteiger charge is -2.12. The molecular weight excluding hydrogens is 302 g/mol. The lowest BCUT2D eigenvalue weighted by molar-refractivity contribution is -0.134. The summed E-state index contributed by atoms with van der Waals surface area (Å²) in [4.78, 5) is 12.0. The maximum atomic E-state index is 12.0. The zero-order chi connectivity index (χ0) is 15.5. The molecule has 5 heteroatoms. The van der Waals surface area contributed by atoms with Gasteiger partial charge >= 0.3 is 5.97 Å². The number of nitrogens with one attached hydrogen (secondary N) is 1. The van der Waals surface area contributed by atoms with Gasteiger partial charge in [0.15, 0.2) is 0 Å². The van der Waals surface area contributed by atoms with Gasteiger partial charge in [0.2, 0.25) is 0 Å². The third-order valence-electron chi connectivity index (χ3n) is 3.36. The second-order valence-corrected chi connectivity index (χ2v) is 5.20. The minimum Gasteiger partial charge on any atom is -0.495 e. The van der Waals surface area contributed by atoms with Gasteiger partial charge in [0, 0.05) is 5.02 Å². The second-order valence-electron chi connectivity index (χ2n) is 4.77. The molecule has 0 bridgehead atoms. The van der Waals surface area contributed by atoms with Crippen molar-refractivity contribution in [3.05, 3.63) is 64.8 Å². The highest BCUT2D eigenvalue weighted by Crippen LogP contribution is 2.31. The zero-order valence-corrected chi connectivity index (χ0v) is 12.7. The number of rotatable bonds is 4. The molecule has 22 heavy (non-hydrogen) atoms. The normalized spacial score (nSPS) is 14.0. The van der Waals surface area contributed by atoms with Crippen LogP contribution in [0.25, 0.3) is 5.57 Å². The van der Waals surface area contributed by atoms with Crippen LogP contribution in [-0.2, 0) is 9.53 Å². The Hall–Kier alpha value is -2.46. The van der Waals surface area contributed by atoms with Gasteiger partial charge in [-0.2, -0.15) is 0 Å². The van der Waals surface area contributed by atoms with Gasteiger partial charge in [-0.25, -0.2) is 4.79 Å². The van der Waals surface area contributed by atoms with E-state index in [1.165, 1.54) is 0 Å². The summed E-state index contributed by atoms with van der Waals surface area (Å²) in [7, 11) is 1.60. The Kier molecular flexibility index (Phi) is 4.02. The first-order valence-corrected chi connectivity index (χ1v) is 7.13. The number of hydrogen-bond acceptors (Lipinski definition) is 4. The number of anilines is 1. The summed E-state index contributed by atoms with van der Waals surface area (Å²) in [5, 5.41) is 3.80. The molecule has 3 rings (SSSR count). The summed E-state index contributed by atoms with van der Waals surface area (Å²) in [5.74, 6) is 0.333. The smallest absolute Gasteiger partial charge is 0.341 e. The molecule has 112 valence electrons. The first-order valence-electron chi connectivity index (χ1n) is 6.75. The minimum atomic E-state index is -0.361. The van der Waals surface area contributed by atoms with E-state index >= 15 is 0 Å². The number of benzene rings is 2. The van der Waals surface area contributed by atoms with Gasteiger partial charge in [-0.15, -0.1) is 0 Å². The summed E-state index contributed by atoms with van der Waals surface area (Å²) in [5.41, 5.74) is 2.69. The highest BCUT2D eigenvalue weighted by atomic mass is 35.5. The SMILES string of the molecule is COc1ccccc1NC1=C(c2cccc(Cl)c2)C(=O)OC1. The first-order chi connectivity index (χ1) is 10.7. The molecule has 0 aliphatic carbocycles. The fourth-order valence-electron chi connectivity index (χ4n) is 2.35. The van der Waals surface area contributed by atoms with E-state index in [-0.39, 0.29) is 12.6 Å². The highest BCUT2D eigenvalue weighted by molar-refractivity contribution is 6.31. The van der Waals surface area contributed by atoms with Gasteiger partial charge in [0.1, 0.15) is 12.4 Å². The lowest BCUT2D eigenvalue weighted by atomic mass is 10.1.